The summed E-state index contributed by atoms with van der Waals surface area (Å²) in [5.74, 6) is -1.17. The lowest BCUT2D eigenvalue weighted by Gasteiger charge is -2.41. The molecule has 0 saturated carbocycles. The van der Waals surface area contributed by atoms with Crippen molar-refractivity contribution >= 4 is 14.3 Å². The minimum atomic E-state index is -1.81. The predicted molar refractivity (Wildman–Crippen MR) is 105 cm³/mol. The summed E-state index contributed by atoms with van der Waals surface area (Å²) in [5.41, 5.74) is 4.90. The Bertz CT molecular complexity index is 447. The number of carboxylic acid groups (broad SMARTS) is 1. The summed E-state index contributed by atoms with van der Waals surface area (Å²) in [6.45, 7) is 19.6. The number of aliphatic carboxylic acids is 1. The molecule has 0 aromatic heterocycles. The molecule has 0 aromatic carbocycles. The SMILES string of the molecule is CC=CC(C(C)(C)C)C(N)(CCCO[Si](C)(C)C(C)(C)C)C(=O)O. The molecule has 5 heteroatoms. The first-order valence-corrected chi connectivity index (χ1v) is 11.8. The minimum absolute atomic E-state index is 0.151. The molecule has 0 amide bonds. The summed E-state index contributed by atoms with van der Waals surface area (Å²) in [4.78, 5) is 11.9. The van der Waals surface area contributed by atoms with Gasteiger partial charge in [0.1, 0.15) is 5.54 Å². The standard InChI is InChI=1S/C19H39NO3Si/c1-10-12-15(17(2,3)4)19(20,16(21)22)13-11-14-23-24(8,9)18(5,6)7/h10,12,15H,11,13-14,20H2,1-9H3,(H,21,22). The Morgan fingerprint density at radius 3 is 2.04 bits per heavy atom. The first-order valence-electron chi connectivity index (χ1n) is 8.88. The molecule has 2 unspecified atom stereocenters. The second kappa shape index (κ2) is 8.15. The Labute approximate surface area is 150 Å². The fourth-order valence-electron chi connectivity index (χ4n) is 2.73. The molecule has 0 aliphatic carbocycles. The summed E-state index contributed by atoms with van der Waals surface area (Å²) in [6.07, 6.45) is 4.89. The van der Waals surface area contributed by atoms with Crippen LogP contribution in [0.2, 0.25) is 18.1 Å². The Morgan fingerprint density at radius 1 is 1.21 bits per heavy atom. The highest BCUT2D eigenvalue weighted by Gasteiger charge is 2.46. The van der Waals surface area contributed by atoms with Gasteiger partial charge in [-0.3, -0.25) is 4.79 Å². The highest BCUT2D eigenvalue weighted by atomic mass is 28.4. The molecule has 142 valence electrons. The largest absolute Gasteiger partial charge is 0.480 e. The second-order valence-corrected chi connectivity index (χ2v) is 14.2. The van der Waals surface area contributed by atoms with E-state index in [0.717, 1.165) is 0 Å². The van der Waals surface area contributed by atoms with Crippen LogP contribution in [0, 0.1) is 11.3 Å². The van der Waals surface area contributed by atoms with Gasteiger partial charge in [-0.05, 0) is 43.3 Å². The van der Waals surface area contributed by atoms with Gasteiger partial charge in [0.25, 0.3) is 0 Å². The van der Waals surface area contributed by atoms with E-state index in [4.69, 9.17) is 10.2 Å². The minimum Gasteiger partial charge on any atom is -0.480 e. The number of carboxylic acids is 1. The molecule has 0 heterocycles. The van der Waals surface area contributed by atoms with Crippen LogP contribution in [0.5, 0.6) is 0 Å². The Hall–Kier alpha value is -0.653. The van der Waals surface area contributed by atoms with Gasteiger partial charge in [-0.2, -0.15) is 0 Å². The smallest absolute Gasteiger partial charge is 0.324 e. The van der Waals surface area contributed by atoms with Crippen LogP contribution >= 0.6 is 0 Å². The number of hydrogen-bond donors (Lipinski definition) is 2. The molecule has 0 spiro atoms. The number of nitrogens with two attached hydrogens (primary N) is 1. The molecule has 0 rings (SSSR count). The summed E-state index contributed by atoms with van der Waals surface area (Å²) in [5, 5.41) is 9.94. The summed E-state index contributed by atoms with van der Waals surface area (Å²) in [7, 11) is -1.81. The van der Waals surface area contributed by atoms with Crippen LogP contribution in [0.4, 0.5) is 0 Å². The van der Waals surface area contributed by atoms with E-state index in [9.17, 15) is 9.90 Å². The van der Waals surface area contributed by atoms with Crippen molar-refractivity contribution in [1.82, 2.24) is 0 Å². The van der Waals surface area contributed by atoms with Crippen LogP contribution < -0.4 is 5.73 Å². The van der Waals surface area contributed by atoms with Crippen molar-refractivity contribution in [3.8, 4) is 0 Å². The lowest BCUT2D eigenvalue weighted by atomic mass is 9.67. The number of carbonyl (C=O) groups is 1. The molecular formula is C19H39NO3Si. The molecule has 0 aliphatic heterocycles. The molecule has 0 fully saturated rings. The van der Waals surface area contributed by atoms with Crippen LogP contribution in [0.3, 0.4) is 0 Å². The van der Waals surface area contributed by atoms with Crippen LogP contribution in [-0.2, 0) is 9.22 Å². The van der Waals surface area contributed by atoms with Gasteiger partial charge in [-0.15, -0.1) is 0 Å². The highest BCUT2D eigenvalue weighted by Crippen LogP contribution is 2.39. The van der Waals surface area contributed by atoms with E-state index in [1.54, 1.807) is 0 Å². The number of rotatable bonds is 8. The summed E-state index contributed by atoms with van der Waals surface area (Å²) in [6, 6.07) is 0. The van der Waals surface area contributed by atoms with E-state index >= 15 is 0 Å². The fourth-order valence-corrected chi connectivity index (χ4v) is 3.82. The maximum atomic E-state index is 11.9. The Kier molecular flexibility index (Phi) is 7.93. The highest BCUT2D eigenvalue weighted by molar-refractivity contribution is 6.74. The molecule has 24 heavy (non-hydrogen) atoms. The molecule has 2 atom stereocenters. The van der Waals surface area contributed by atoms with Crippen molar-refractivity contribution in [3.63, 3.8) is 0 Å². The number of allylic oxidation sites excluding steroid dienone is 1. The zero-order valence-electron chi connectivity index (χ0n) is 17.2. The molecule has 3 N–H and O–H groups in total. The summed E-state index contributed by atoms with van der Waals surface area (Å²) < 4.78 is 6.17. The third-order valence-corrected chi connectivity index (χ3v) is 9.81. The molecule has 0 aromatic rings. The van der Waals surface area contributed by atoms with Gasteiger partial charge in [-0.1, -0.05) is 53.7 Å². The first kappa shape index (κ1) is 23.3. The van der Waals surface area contributed by atoms with E-state index < -0.39 is 19.8 Å². The van der Waals surface area contributed by atoms with Crippen molar-refractivity contribution in [2.45, 2.75) is 85.0 Å². The van der Waals surface area contributed by atoms with Crippen molar-refractivity contribution in [2.24, 2.45) is 17.1 Å². The maximum Gasteiger partial charge on any atom is 0.324 e. The topological polar surface area (TPSA) is 72.5 Å². The van der Waals surface area contributed by atoms with Gasteiger partial charge in [0.05, 0.1) is 0 Å². The van der Waals surface area contributed by atoms with E-state index in [0.29, 0.717) is 19.4 Å². The van der Waals surface area contributed by atoms with Gasteiger partial charge < -0.3 is 15.3 Å². The lowest BCUT2D eigenvalue weighted by Crippen LogP contribution is -2.57. The first-order chi connectivity index (χ1) is 10.6. The average Bonchev–Trinajstić information content (AvgIpc) is 2.37. The Morgan fingerprint density at radius 2 is 1.71 bits per heavy atom. The van der Waals surface area contributed by atoms with Gasteiger partial charge in [0.15, 0.2) is 8.32 Å². The average molecular weight is 358 g/mol. The second-order valence-electron chi connectivity index (χ2n) is 9.43. The quantitative estimate of drug-likeness (QED) is 0.371. The van der Waals surface area contributed by atoms with Gasteiger partial charge >= 0.3 is 5.97 Å². The van der Waals surface area contributed by atoms with E-state index in [1.807, 2.05) is 39.8 Å². The van der Waals surface area contributed by atoms with E-state index in [2.05, 4.69) is 33.9 Å². The monoisotopic (exact) mass is 357 g/mol. The van der Waals surface area contributed by atoms with Crippen LogP contribution in [0.1, 0.15) is 61.3 Å². The van der Waals surface area contributed by atoms with Gasteiger partial charge in [0, 0.05) is 12.5 Å². The van der Waals surface area contributed by atoms with Crippen LogP contribution in [0.15, 0.2) is 12.2 Å². The molecule has 0 bridgehead atoms. The molecule has 4 nitrogen and oxygen atoms in total. The van der Waals surface area contributed by atoms with Gasteiger partial charge in [-0.25, -0.2) is 0 Å². The molecule has 0 radical (unpaired) electrons. The molecular weight excluding hydrogens is 318 g/mol. The predicted octanol–water partition coefficient (Wildman–Crippen LogP) is 4.81. The lowest BCUT2D eigenvalue weighted by molar-refractivity contribution is -0.147. The normalized spacial score (nSPS) is 17.8. The van der Waals surface area contributed by atoms with E-state index in [1.165, 1.54) is 0 Å². The maximum absolute atomic E-state index is 11.9. The zero-order chi connectivity index (χ0) is 19.4. The third kappa shape index (κ3) is 6.01. The van der Waals surface area contributed by atoms with Crippen LogP contribution in [0.25, 0.3) is 0 Å². The summed E-state index contributed by atoms with van der Waals surface area (Å²) >= 11 is 0. The van der Waals surface area contributed by atoms with Crippen molar-refractivity contribution in [3.05, 3.63) is 12.2 Å². The third-order valence-electron chi connectivity index (χ3n) is 5.27. The van der Waals surface area contributed by atoms with Crippen molar-refractivity contribution in [2.75, 3.05) is 6.61 Å². The van der Waals surface area contributed by atoms with E-state index in [-0.39, 0.29) is 16.4 Å². The molecule has 0 saturated heterocycles. The number of hydrogen-bond acceptors (Lipinski definition) is 3. The Balaban J connectivity index is 5.08. The fraction of sp³-hybridized carbons (Fsp3) is 0.842. The zero-order valence-corrected chi connectivity index (χ0v) is 18.2. The van der Waals surface area contributed by atoms with Gasteiger partial charge in [0.2, 0.25) is 0 Å². The van der Waals surface area contributed by atoms with Crippen molar-refractivity contribution in [1.29, 1.82) is 0 Å². The van der Waals surface area contributed by atoms with Crippen molar-refractivity contribution < 1.29 is 14.3 Å². The van der Waals surface area contributed by atoms with Crippen LogP contribution in [-0.4, -0.2) is 31.5 Å². The molecule has 0 aliphatic rings.